The molecular formula is C12H21NO3. The van der Waals surface area contributed by atoms with Crippen LogP contribution in [0.15, 0.2) is 0 Å². The minimum atomic E-state index is -0.672. The fourth-order valence-corrected chi connectivity index (χ4v) is 2.76. The van der Waals surface area contributed by atoms with Gasteiger partial charge in [-0.1, -0.05) is 19.8 Å². The number of ether oxygens (including phenoxy) is 1. The average Bonchev–Trinajstić information content (AvgIpc) is 2.58. The largest absolute Gasteiger partial charge is 0.480 e. The van der Waals surface area contributed by atoms with Crippen molar-refractivity contribution in [3.8, 4) is 0 Å². The molecule has 0 aromatic carbocycles. The van der Waals surface area contributed by atoms with Crippen LogP contribution in [0.4, 0.5) is 0 Å². The summed E-state index contributed by atoms with van der Waals surface area (Å²) in [6, 6.07) is -0.299. The Labute approximate surface area is 96.6 Å². The lowest BCUT2D eigenvalue weighted by atomic mass is 10.1. The third-order valence-electron chi connectivity index (χ3n) is 3.63. The number of carbonyl (C=O) groups is 1. The summed E-state index contributed by atoms with van der Waals surface area (Å²) in [6.45, 7) is 3.70. The fraction of sp³-hybridized carbons (Fsp3) is 0.917. The maximum Gasteiger partial charge on any atom is 0.320 e. The van der Waals surface area contributed by atoms with Crippen LogP contribution >= 0.6 is 0 Å². The van der Waals surface area contributed by atoms with E-state index in [0.717, 1.165) is 45.2 Å². The molecule has 0 aromatic rings. The predicted molar refractivity (Wildman–Crippen MR) is 60.4 cm³/mol. The number of morpholine rings is 1. The second-order valence-corrected chi connectivity index (χ2v) is 4.91. The predicted octanol–water partition coefficient (Wildman–Crippen LogP) is 1.49. The lowest BCUT2D eigenvalue weighted by Gasteiger charge is -2.36. The van der Waals surface area contributed by atoms with E-state index in [1.54, 1.807) is 0 Å². The van der Waals surface area contributed by atoms with Crippen molar-refractivity contribution in [1.29, 1.82) is 0 Å². The first-order valence-electron chi connectivity index (χ1n) is 6.33. The van der Waals surface area contributed by atoms with Crippen LogP contribution in [0.3, 0.4) is 0 Å². The molecule has 2 fully saturated rings. The lowest BCUT2D eigenvalue weighted by molar-refractivity contribution is -0.147. The molecule has 2 aliphatic heterocycles. The van der Waals surface area contributed by atoms with Crippen LogP contribution in [-0.4, -0.2) is 47.3 Å². The van der Waals surface area contributed by atoms with Gasteiger partial charge in [0.1, 0.15) is 6.04 Å². The van der Waals surface area contributed by atoms with Crippen LogP contribution in [0, 0.1) is 0 Å². The van der Waals surface area contributed by atoms with Crippen molar-refractivity contribution in [1.82, 2.24) is 4.90 Å². The summed E-state index contributed by atoms with van der Waals surface area (Å²) in [7, 11) is 0. The van der Waals surface area contributed by atoms with Crippen molar-refractivity contribution in [3.63, 3.8) is 0 Å². The number of likely N-dealkylation sites (tertiary alicyclic amines) is 1. The molecule has 2 aliphatic rings. The van der Waals surface area contributed by atoms with E-state index in [1.807, 2.05) is 0 Å². The summed E-state index contributed by atoms with van der Waals surface area (Å²) in [5, 5.41) is 9.26. The van der Waals surface area contributed by atoms with E-state index in [9.17, 15) is 9.90 Å². The van der Waals surface area contributed by atoms with Crippen molar-refractivity contribution >= 4 is 5.97 Å². The standard InChI is InChI=1S/C12H21NO3/c1-2-3-4-11(12(14)15)13-7-9-5-6-10(8-13)16-9/h9-11H,2-8H2,1H3,(H,14,15). The van der Waals surface area contributed by atoms with Crippen molar-refractivity contribution in [3.05, 3.63) is 0 Å². The van der Waals surface area contributed by atoms with E-state index >= 15 is 0 Å². The molecule has 0 aliphatic carbocycles. The highest BCUT2D eigenvalue weighted by Gasteiger charge is 2.38. The van der Waals surface area contributed by atoms with Crippen molar-refractivity contribution < 1.29 is 14.6 Å². The monoisotopic (exact) mass is 227 g/mol. The normalized spacial score (nSPS) is 31.6. The van der Waals surface area contributed by atoms with Gasteiger partial charge in [-0.25, -0.2) is 0 Å². The number of unbranched alkanes of at least 4 members (excludes halogenated alkanes) is 1. The first kappa shape index (κ1) is 11.9. The molecule has 2 rings (SSSR count). The molecule has 1 N–H and O–H groups in total. The third kappa shape index (κ3) is 2.55. The molecule has 16 heavy (non-hydrogen) atoms. The number of rotatable bonds is 5. The zero-order valence-electron chi connectivity index (χ0n) is 9.89. The Bertz CT molecular complexity index is 245. The summed E-state index contributed by atoms with van der Waals surface area (Å²) in [6.07, 6.45) is 5.57. The quantitative estimate of drug-likeness (QED) is 0.773. The summed E-state index contributed by atoms with van der Waals surface area (Å²) < 4.78 is 5.73. The molecule has 2 bridgehead atoms. The van der Waals surface area contributed by atoms with Crippen molar-refractivity contribution in [2.75, 3.05) is 13.1 Å². The maximum absolute atomic E-state index is 11.3. The van der Waals surface area contributed by atoms with Crippen molar-refractivity contribution in [2.45, 2.75) is 57.3 Å². The van der Waals surface area contributed by atoms with Gasteiger partial charge in [0.15, 0.2) is 0 Å². The number of hydrogen-bond acceptors (Lipinski definition) is 3. The van der Waals surface area contributed by atoms with Gasteiger partial charge in [-0.05, 0) is 19.3 Å². The number of fused-ring (bicyclic) bond motifs is 2. The summed E-state index contributed by atoms with van der Waals surface area (Å²) in [5.74, 6) is -0.672. The van der Waals surface area contributed by atoms with Gasteiger partial charge >= 0.3 is 5.97 Å². The number of aliphatic carboxylic acids is 1. The fourth-order valence-electron chi connectivity index (χ4n) is 2.76. The molecule has 0 amide bonds. The highest BCUT2D eigenvalue weighted by molar-refractivity contribution is 5.73. The molecule has 3 atom stereocenters. The molecule has 4 heteroatoms. The molecule has 2 saturated heterocycles. The lowest BCUT2D eigenvalue weighted by Crippen LogP contribution is -2.50. The molecule has 0 spiro atoms. The Morgan fingerprint density at radius 1 is 1.44 bits per heavy atom. The van der Waals surface area contributed by atoms with Gasteiger partial charge in [-0.2, -0.15) is 0 Å². The SMILES string of the molecule is CCCCC(C(=O)O)N1CC2CCC(C1)O2. The van der Waals surface area contributed by atoms with Crippen LogP contribution in [0.25, 0.3) is 0 Å². The van der Waals surface area contributed by atoms with Crippen LogP contribution in [0.2, 0.25) is 0 Å². The van der Waals surface area contributed by atoms with Gasteiger partial charge in [-0.3, -0.25) is 9.69 Å². The Kier molecular flexibility index (Phi) is 3.82. The molecule has 3 unspecified atom stereocenters. The van der Waals surface area contributed by atoms with Crippen LogP contribution in [0.1, 0.15) is 39.0 Å². The highest BCUT2D eigenvalue weighted by atomic mass is 16.5. The van der Waals surface area contributed by atoms with Crippen LogP contribution in [0.5, 0.6) is 0 Å². The molecule has 4 nitrogen and oxygen atoms in total. The number of carboxylic acids is 1. The summed E-state index contributed by atoms with van der Waals surface area (Å²) >= 11 is 0. The van der Waals surface area contributed by atoms with E-state index in [2.05, 4.69) is 11.8 Å². The molecule has 2 heterocycles. The highest BCUT2D eigenvalue weighted by Crippen LogP contribution is 2.28. The van der Waals surface area contributed by atoms with Gasteiger partial charge in [0.25, 0.3) is 0 Å². The van der Waals surface area contributed by atoms with E-state index in [4.69, 9.17) is 4.74 Å². The Morgan fingerprint density at radius 3 is 2.56 bits per heavy atom. The van der Waals surface area contributed by atoms with Gasteiger partial charge in [-0.15, -0.1) is 0 Å². The zero-order valence-corrected chi connectivity index (χ0v) is 9.89. The van der Waals surface area contributed by atoms with E-state index in [1.165, 1.54) is 0 Å². The first-order chi connectivity index (χ1) is 7.70. The number of carboxylic acid groups (broad SMARTS) is 1. The Hall–Kier alpha value is -0.610. The smallest absolute Gasteiger partial charge is 0.320 e. The Balaban J connectivity index is 1.94. The van der Waals surface area contributed by atoms with Gasteiger partial charge < -0.3 is 9.84 Å². The second kappa shape index (κ2) is 5.15. The number of nitrogens with zero attached hydrogens (tertiary/aromatic N) is 1. The van der Waals surface area contributed by atoms with E-state index in [0.29, 0.717) is 0 Å². The molecule has 0 radical (unpaired) electrons. The molecule has 0 aromatic heterocycles. The van der Waals surface area contributed by atoms with Gasteiger partial charge in [0.2, 0.25) is 0 Å². The van der Waals surface area contributed by atoms with E-state index < -0.39 is 5.97 Å². The molecule has 0 saturated carbocycles. The zero-order chi connectivity index (χ0) is 11.5. The Morgan fingerprint density at radius 2 is 2.06 bits per heavy atom. The van der Waals surface area contributed by atoms with Gasteiger partial charge in [0, 0.05) is 13.1 Å². The summed E-state index contributed by atoms with van der Waals surface area (Å²) in [5.41, 5.74) is 0. The second-order valence-electron chi connectivity index (χ2n) is 4.91. The first-order valence-corrected chi connectivity index (χ1v) is 6.33. The minimum absolute atomic E-state index is 0.280. The average molecular weight is 227 g/mol. The number of hydrogen-bond donors (Lipinski definition) is 1. The van der Waals surface area contributed by atoms with E-state index in [-0.39, 0.29) is 18.2 Å². The topological polar surface area (TPSA) is 49.8 Å². The van der Waals surface area contributed by atoms with Gasteiger partial charge in [0.05, 0.1) is 12.2 Å². The maximum atomic E-state index is 11.3. The molecular weight excluding hydrogens is 206 g/mol. The molecule has 92 valence electrons. The summed E-state index contributed by atoms with van der Waals surface area (Å²) in [4.78, 5) is 13.4. The third-order valence-corrected chi connectivity index (χ3v) is 3.63. The van der Waals surface area contributed by atoms with Crippen LogP contribution < -0.4 is 0 Å². The van der Waals surface area contributed by atoms with Crippen LogP contribution in [-0.2, 0) is 9.53 Å². The van der Waals surface area contributed by atoms with Crippen molar-refractivity contribution in [2.24, 2.45) is 0 Å². The minimum Gasteiger partial charge on any atom is -0.480 e.